The Balaban J connectivity index is 2.85. The maximum absolute atomic E-state index is 11.9. The maximum Gasteiger partial charge on any atom is 0.246 e. The van der Waals surface area contributed by atoms with Crippen molar-refractivity contribution < 1.29 is 19.0 Å². The summed E-state index contributed by atoms with van der Waals surface area (Å²) in [5.74, 6) is 0.147. The normalized spacial score (nSPS) is 11.2. The lowest BCUT2D eigenvalue weighted by Gasteiger charge is -2.18. The molecule has 0 radical (unpaired) electrons. The molecule has 1 aromatic heterocycles. The number of carbonyl (C=O) groups is 1. The summed E-state index contributed by atoms with van der Waals surface area (Å²) in [6.07, 6.45) is 1.37. The number of ether oxygens (including phenoxy) is 3. The molecule has 0 atom stereocenters. The molecular weight excluding hydrogens is 236 g/mol. The molecule has 1 aromatic rings. The van der Waals surface area contributed by atoms with Gasteiger partial charge in [-0.15, -0.1) is 0 Å². The molecule has 0 aromatic carbocycles. The van der Waals surface area contributed by atoms with Crippen LogP contribution in [0, 0.1) is 0 Å². The first kappa shape index (κ1) is 14.4. The lowest BCUT2D eigenvalue weighted by Crippen LogP contribution is -2.24. The summed E-state index contributed by atoms with van der Waals surface area (Å²) in [6, 6.07) is 0. The number of aromatic nitrogens is 2. The summed E-state index contributed by atoms with van der Waals surface area (Å²) in [7, 11) is 2.89. The predicted octanol–water partition coefficient (Wildman–Crippen LogP) is 1.49. The fraction of sp³-hybridized carbons (Fsp3) is 0.583. The molecule has 0 amide bonds. The van der Waals surface area contributed by atoms with Crippen LogP contribution in [-0.2, 0) is 4.74 Å². The summed E-state index contributed by atoms with van der Waals surface area (Å²) in [5.41, 5.74) is -0.245. The summed E-state index contributed by atoms with van der Waals surface area (Å²) in [6.45, 7) is 5.55. The number of Topliss-reactive ketones (excluding diaryl/α,β-unsaturated/α-hetero) is 1. The Morgan fingerprint density at radius 2 is 1.94 bits per heavy atom. The van der Waals surface area contributed by atoms with E-state index in [1.165, 1.54) is 20.4 Å². The minimum Gasteiger partial charge on any atom is -0.480 e. The third-order valence-corrected chi connectivity index (χ3v) is 2.02. The van der Waals surface area contributed by atoms with Crippen LogP contribution in [0.4, 0.5) is 0 Å². The molecule has 0 fully saturated rings. The van der Waals surface area contributed by atoms with Crippen LogP contribution in [0.5, 0.6) is 11.8 Å². The van der Waals surface area contributed by atoms with Crippen molar-refractivity contribution in [2.24, 2.45) is 0 Å². The summed E-state index contributed by atoms with van der Waals surface area (Å²) in [5, 5.41) is 0. The maximum atomic E-state index is 11.9. The van der Waals surface area contributed by atoms with E-state index in [9.17, 15) is 4.79 Å². The van der Waals surface area contributed by atoms with Crippen molar-refractivity contribution in [1.82, 2.24) is 9.97 Å². The van der Waals surface area contributed by atoms with Gasteiger partial charge in [0.15, 0.2) is 5.69 Å². The van der Waals surface area contributed by atoms with Crippen LogP contribution in [0.1, 0.15) is 31.3 Å². The number of rotatable bonds is 5. The average Bonchev–Trinajstić information content (AvgIpc) is 2.34. The van der Waals surface area contributed by atoms with Crippen molar-refractivity contribution in [3.05, 3.63) is 11.9 Å². The quantitative estimate of drug-likeness (QED) is 0.741. The van der Waals surface area contributed by atoms with Crippen LogP contribution in [0.25, 0.3) is 0 Å². The average molecular weight is 254 g/mol. The molecule has 0 aliphatic rings. The molecule has 0 spiro atoms. The molecule has 0 N–H and O–H groups in total. The number of ketones is 1. The molecule has 0 aliphatic carbocycles. The van der Waals surface area contributed by atoms with E-state index in [-0.39, 0.29) is 29.6 Å². The SMILES string of the molecule is COc1cnc(C(=O)COC(C)(C)C)c(OC)n1. The third kappa shape index (κ3) is 3.96. The molecule has 0 saturated heterocycles. The smallest absolute Gasteiger partial charge is 0.246 e. The van der Waals surface area contributed by atoms with Crippen molar-refractivity contribution in [3.63, 3.8) is 0 Å². The van der Waals surface area contributed by atoms with Gasteiger partial charge in [0.2, 0.25) is 17.5 Å². The van der Waals surface area contributed by atoms with Gasteiger partial charge in [0.1, 0.15) is 6.61 Å². The standard InChI is InChI=1S/C12H18N2O4/c1-12(2,3)18-7-8(15)10-11(17-5)14-9(16-4)6-13-10/h6H,7H2,1-5H3. The Labute approximate surface area is 106 Å². The zero-order valence-electron chi connectivity index (χ0n) is 11.3. The number of nitrogens with zero attached hydrogens (tertiary/aromatic N) is 2. The van der Waals surface area contributed by atoms with Crippen LogP contribution in [0.2, 0.25) is 0 Å². The van der Waals surface area contributed by atoms with Crippen molar-refractivity contribution in [2.45, 2.75) is 26.4 Å². The number of methoxy groups -OCH3 is 2. The van der Waals surface area contributed by atoms with E-state index < -0.39 is 0 Å². The second-order valence-electron chi connectivity index (χ2n) is 4.59. The summed E-state index contributed by atoms with van der Waals surface area (Å²) < 4.78 is 15.3. The van der Waals surface area contributed by atoms with Gasteiger partial charge in [-0.2, -0.15) is 4.98 Å². The second kappa shape index (κ2) is 5.77. The number of hydrogen-bond donors (Lipinski definition) is 0. The molecule has 0 aliphatic heterocycles. The fourth-order valence-electron chi connectivity index (χ4n) is 1.14. The largest absolute Gasteiger partial charge is 0.480 e. The van der Waals surface area contributed by atoms with Gasteiger partial charge in [0.25, 0.3) is 0 Å². The van der Waals surface area contributed by atoms with Gasteiger partial charge in [0.05, 0.1) is 26.0 Å². The van der Waals surface area contributed by atoms with Crippen molar-refractivity contribution >= 4 is 5.78 Å². The molecular formula is C12H18N2O4. The third-order valence-electron chi connectivity index (χ3n) is 2.02. The van der Waals surface area contributed by atoms with Crippen molar-refractivity contribution in [2.75, 3.05) is 20.8 Å². The van der Waals surface area contributed by atoms with Crippen molar-refractivity contribution in [1.29, 1.82) is 0 Å². The van der Waals surface area contributed by atoms with Crippen LogP contribution < -0.4 is 9.47 Å². The van der Waals surface area contributed by atoms with E-state index in [0.717, 1.165) is 0 Å². The van der Waals surface area contributed by atoms with Gasteiger partial charge in [-0.3, -0.25) is 4.79 Å². The highest BCUT2D eigenvalue weighted by molar-refractivity contribution is 5.97. The van der Waals surface area contributed by atoms with Gasteiger partial charge in [-0.05, 0) is 20.8 Å². The van der Waals surface area contributed by atoms with Crippen LogP contribution in [0.3, 0.4) is 0 Å². The minimum absolute atomic E-state index is 0.0686. The lowest BCUT2D eigenvalue weighted by atomic mass is 10.2. The van der Waals surface area contributed by atoms with E-state index in [1.54, 1.807) is 0 Å². The molecule has 6 heteroatoms. The molecule has 6 nitrogen and oxygen atoms in total. The first-order chi connectivity index (χ1) is 8.37. The van der Waals surface area contributed by atoms with E-state index in [2.05, 4.69) is 9.97 Å². The van der Waals surface area contributed by atoms with Crippen molar-refractivity contribution in [3.8, 4) is 11.8 Å². The fourth-order valence-corrected chi connectivity index (χ4v) is 1.14. The Morgan fingerprint density at radius 3 is 2.44 bits per heavy atom. The van der Waals surface area contributed by atoms with E-state index in [1.807, 2.05) is 20.8 Å². The summed E-state index contributed by atoms with van der Waals surface area (Å²) in [4.78, 5) is 19.9. The topological polar surface area (TPSA) is 70.5 Å². The molecule has 0 bridgehead atoms. The van der Waals surface area contributed by atoms with Crippen LogP contribution >= 0.6 is 0 Å². The molecule has 1 rings (SSSR count). The lowest BCUT2D eigenvalue weighted by molar-refractivity contribution is 0.00271. The van der Waals surface area contributed by atoms with Gasteiger partial charge in [0, 0.05) is 0 Å². The van der Waals surface area contributed by atoms with E-state index >= 15 is 0 Å². The molecule has 0 unspecified atom stereocenters. The number of hydrogen-bond acceptors (Lipinski definition) is 6. The monoisotopic (exact) mass is 254 g/mol. The van der Waals surface area contributed by atoms with Gasteiger partial charge in [-0.1, -0.05) is 0 Å². The molecule has 0 saturated carbocycles. The minimum atomic E-state index is -0.386. The first-order valence-electron chi connectivity index (χ1n) is 5.49. The summed E-state index contributed by atoms with van der Waals surface area (Å²) >= 11 is 0. The Hall–Kier alpha value is -1.69. The zero-order chi connectivity index (χ0) is 13.8. The predicted molar refractivity (Wildman–Crippen MR) is 65.2 cm³/mol. The highest BCUT2D eigenvalue weighted by Crippen LogP contribution is 2.18. The van der Waals surface area contributed by atoms with Crippen LogP contribution in [-0.4, -0.2) is 42.2 Å². The molecule has 18 heavy (non-hydrogen) atoms. The second-order valence-corrected chi connectivity index (χ2v) is 4.59. The van der Waals surface area contributed by atoms with Crippen LogP contribution in [0.15, 0.2) is 6.20 Å². The molecule has 1 heterocycles. The first-order valence-corrected chi connectivity index (χ1v) is 5.49. The highest BCUT2D eigenvalue weighted by Gasteiger charge is 2.19. The van der Waals surface area contributed by atoms with Gasteiger partial charge < -0.3 is 14.2 Å². The van der Waals surface area contributed by atoms with Gasteiger partial charge in [-0.25, -0.2) is 4.98 Å². The highest BCUT2D eigenvalue weighted by atomic mass is 16.5. The number of carbonyl (C=O) groups excluding carboxylic acids is 1. The van der Waals surface area contributed by atoms with Gasteiger partial charge >= 0.3 is 0 Å². The Morgan fingerprint density at radius 1 is 1.28 bits per heavy atom. The Bertz CT molecular complexity index is 427. The zero-order valence-corrected chi connectivity index (χ0v) is 11.3. The van der Waals surface area contributed by atoms with E-state index in [4.69, 9.17) is 14.2 Å². The van der Waals surface area contributed by atoms with E-state index in [0.29, 0.717) is 5.88 Å². The Kier molecular flexibility index (Phi) is 4.61. The molecule has 100 valence electrons.